The summed E-state index contributed by atoms with van der Waals surface area (Å²) in [5, 5.41) is 40.4. The molecular weight excluding hydrogens is 286 g/mol. The summed E-state index contributed by atoms with van der Waals surface area (Å²) in [4.78, 5) is 21.5. The molecule has 21 heavy (non-hydrogen) atoms. The van der Waals surface area contributed by atoms with Crippen molar-refractivity contribution >= 4 is 11.9 Å². The summed E-state index contributed by atoms with van der Waals surface area (Å²) in [6, 6.07) is -0.811. The Kier molecular flexibility index (Phi) is 6.99. The molecule has 0 spiro atoms. The predicted octanol–water partition coefficient (Wildman–Crippen LogP) is -2.19. The van der Waals surface area contributed by atoms with Gasteiger partial charge in [0.2, 0.25) is 0 Å². The van der Waals surface area contributed by atoms with Gasteiger partial charge in [-0.25, -0.2) is 0 Å². The van der Waals surface area contributed by atoms with Crippen LogP contribution in [0.4, 0.5) is 0 Å². The van der Waals surface area contributed by atoms with E-state index in [4.69, 9.17) is 14.6 Å². The molecule has 0 aliphatic carbocycles. The first-order valence-electron chi connectivity index (χ1n) is 6.61. The fraction of sp³-hybridized carbons (Fsp3) is 0.833. The van der Waals surface area contributed by atoms with E-state index >= 15 is 0 Å². The van der Waals surface area contributed by atoms with E-state index in [-0.39, 0.29) is 25.9 Å². The SMILES string of the molecule is CNC1[C@H](O)OC(CCOC(=O)CCC(=O)O)[C@@H](O)[C@H]1O. The fourth-order valence-electron chi connectivity index (χ4n) is 2.07. The number of nitrogens with one attached hydrogen (secondary N) is 1. The number of rotatable bonds is 7. The Morgan fingerprint density at radius 3 is 2.43 bits per heavy atom. The van der Waals surface area contributed by atoms with E-state index in [1.807, 2.05) is 0 Å². The van der Waals surface area contributed by atoms with Crippen molar-refractivity contribution in [1.82, 2.24) is 5.32 Å². The topological polar surface area (TPSA) is 146 Å². The minimum absolute atomic E-state index is 0.0739. The van der Waals surface area contributed by atoms with Crippen LogP contribution in [-0.4, -0.2) is 76.7 Å². The third-order valence-electron chi connectivity index (χ3n) is 3.26. The number of aliphatic carboxylic acids is 1. The van der Waals surface area contributed by atoms with Crippen LogP contribution in [0.3, 0.4) is 0 Å². The molecule has 1 fully saturated rings. The summed E-state index contributed by atoms with van der Waals surface area (Å²) >= 11 is 0. The Labute approximate surface area is 121 Å². The van der Waals surface area contributed by atoms with Crippen molar-refractivity contribution < 1.29 is 39.5 Å². The molecule has 9 heteroatoms. The number of hydrogen-bond acceptors (Lipinski definition) is 8. The molecule has 0 aromatic heterocycles. The lowest BCUT2D eigenvalue weighted by Crippen LogP contribution is -2.61. The number of hydrogen-bond donors (Lipinski definition) is 5. The first-order chi connectivity index (χ1) is 9.86. The normalized spacial score (nSPS) is 32.7. The van der Waals surface area contributed by atoms with Crippen LogP contribution in [0.15, 0.2) is 0 Å². The van der Waals surface area contributed by atoms with Crippen molar-refractivity contribution in [2.75, 3.05) is 13.7 Å². The molecule has 122 valence electrons. The maximum Gasteiger partial charge on any atom is 0.306 e. The van der Waals surface area contributed by atoms with E-state index < -0.39 is 42.6 Å². The first kappa shape index (κ1) is 17.8. The van der Waals surface area contributed by atoms with Crippen LogP contribution in [0.1, 0.15) is 19.3 Å². The zero-order valence-corrected chi connectivity index (χ0v) is 11.6. The van der Waals surface area contributed by atoms with Gasteiger partial charge >= 0.3 is 11.9 Å². The van der Waals surface area contributed by atoms with Crippen LogP contribution in [0.5, 0.6) is 0 Å². The number of likely N-dealkylation sites (N-methyl/N-ethyl adjacent to an activating group) is 1. The molecule has 1 aliphatic rings. The van der Waals surface area contributed by atoms with Crippen LogP contribution < -0.4 is 5.32 Å². The second-order valence-electron chi connectivity index (χ2n) is 4.76. The Bertz CT molecular complexity index is 363. The van der Waals surface area contributed by atoms with Gasteiger partial charge in [0.15, 0.2) is 6.29 Å². The van der Waals surface area contributed by atoms with E-state index in [1.165, 1.54) is 7.05 Å². The van der Waals surface area contributed by atoms with Crippen LogP contribution >= 0.6 is 0 Å². The average molecular weight is 307 g/mol. The highest BCUT2D eigenvalue weighted by atomic mass is 16.6. The Balaban J connectivity index is 2.35. The van der Waals surface area contributed by atoms with Gasteiger partial charge in [0.05, 0.1) is 31.6 Å². The Hall–Kier alpha value is -1.26. The summed E-state index contributed by atoms with van der Waals surface area (Å²) in [6.45, 7) is -0.107. The van der Waals surface area contributed by atoms with E-state index in [9.17, 15) is 24.9 Å². The lowest BCUT2D eigenvalue weighted by Gasteiger charge is -2.40. The van der Waals surface area contributed by atoms with E-state index in [0.29, 0.717) is 0 Å². The van der Waals surface area contributed by atoms with Gasteiger partial charge in [-0.15, -0.1) is 0 Å². The molecule has 2 unspecified atom stereocenters. The monoisotopic (exact) mass is 307 g/mol. The molecule has 1 saturated heterocycles. The molecule has 0 radical (unpaired) electrons. The second kappa shape index (κ2) is 8.25. The maximum absolute atomic E-state index is 11.2. The summed E-state index contributed by atoms with van der Waals surface area (Å²) in [6.07, 6.45) is -5.10. The van der Waals surface area contributed by atoms with Gasteiger partial charge in [0.25, 0.3) is 0 Å². The van der Waals surface area contributed by atoms with Gasteiger partial charge in [-0.05, 0) is 7.05 Å². The third kappa shape index (κ3) is 5.21. The van der Waals surface area contributed by atoms with Gasteiger partial charge < -0.3 is 35.2 Å². The molecule has 0 bridgehead atoms. The molecular formula is C12H21NO8. The second-order valence-corrected chi connectivity index (χ2v) is 4.76. The van der Waals surface area contributed by atoms with E-state index in [1.54, 1.807) is 0 Å². The van der Waals surface area contributed by atoms with Crippen molar-refractivity contribution in [2.24, 2.45) is 0 Å². The lowest BCUT2D eigenvalue weighted by atomic mass is 9.95. The highest BCUT2D eigenvalue weighted by Crippen LogP contribution is 2.21. The minimum atomic E-state index is -1.29. The average Bonchev–Trinajstić information content (AvgIpc) is 2.42. The summed E-state index contributed by atoms with van der Waals surface area (Å²) in [7, 11) is 1.51. The highest BCUT2D eigenvalue weighted by molar-refractivity contribution is 5.76. The molecule has 0 aromatic carbocycles. The largest absolute Gasteiger partial charge is 0.481 e. The van der Waals surface area contributed by atoms with E-state index in [0.717, 1.165) is 0 Å². The van der Waals surface area contributed by atoms with Crippen molar-refractivity contribution in [1.29, 1.82) is 0 Å². The van der Waals surface area contributed by atoms with Gasteiger partial charge in [-0.1, -0.05) is 0 Å². The third-order valence-corrected chi connectivity index (χ3v) is 3.26. The van der Waals surface area contributed by atoms with Crippen LogP contribution in [0.2, 0.25) is 0 Å². The van der Waals surface area contributed by atoms with Crippen molar-refractivity contribution in [3.05, 3.63) is 0 Å². The van der Waals surface area contributed by atoms with Gasteiger partial charge in [-0.3, -0.25) is 9.59 Å². The minimum Gasteiger partial charge on any atom is -0.481 e. The number of carbonyl (C=O) groups excluding carboxylic acids is 1. The summed E-state index contributed by atoms with van der Waals surface area (Å²) in [5.41, 5.74) is 0. The molecule has 5 N–H and O–H groups in total. The lowest BCUT2D eigenvalue weighted by molar-refractivity contribution is -0.249. The van der Waals surface area contributed by atoms with Crippen molar-refractivity contribution in [2.45, 2.75) is 49.9 Å². The number of aliphatic hydroxyl groups excluding tert-OH is 3. The Morgan fingerprint density at radius 2 is 1.86 bits per heavy atom. The molecule has 1 rings (SSSR count). The molecule has 5 atom stereocenters. The number of carboxylic acid groups (broad SMARTS) is 1. The predicted molar refractivity (Wildman–Crippen MR) is 68.2 cm³/mol. The van der Waals surface area contributed by atoms with Gasteiger partial charge in [-0.2, -0.15) is 0 Å². The smallest absolute Gasteiger partial charge is 0.306 e. The number of carboxylic acids is 1. The summed E-state index contributed by atoms with van der Waals surface area (Å²) in [5.74, 6) is -1.76. The molecule has 9 nitrogen and oxygen atoms in total. The zero-order chi connectivity index (χ0) is 16.0. The highest BCUT2D eigenvalue weighted by Gasteiger charge is 2.42. The van der Waals surface area contributed by atoms with Gasteiger partial charge in [0.1, 0.15) is 12.2 Å². The van der Waals surface area contributed by atoms with Gasteiger partial charge in [0, 0.05) is 6.42 Å². The molecule has 0 amide bonds. The number of carbonyl (C=O) groups is 2. The van der Waals surface area contributed by atoms with Crippen molar-refractivity contribution in [3.8, 4) is 0 Å². The van der Waals surface area contributed by atoms with Crippen LogP contribution in [0, 0.1) is 0 Å². The fourth-order valence-corrected chi connectivity index (χ4v) is 2.07. The molecule has 1 aliphatic heterocycles. The molecule has 1 heterocycles. The molecule has 0 aromatic rings. The van der Waals surface area contributed by atoms with E-state index in [2.05, 4.69) is 5.32 Å². The van der Waals surface area contributed by atoms with Crippen LogP contribution in [-0.2, 0) is 19.1 Å². The number of esters is 1. The zero-order valence-electron chi connectivity index (χ0n) is 11.6. The van der Waals surface area contributed by atoms with Crippen LogP contribution in [0.25, 0.3) is 0 Å². The first-order valence-corrected chi connectivity index (χ1v) is 6.61. The Morgan fingerprint density at radius 1 is 1.19 bits per heavy atom. The number of ether oxygens (including phenoxy) is 2. The number of aliphatic hydroxyl groups is 3. The summed E-state index contributed by atoms with van der Waals surface area (Å²) < 4.78 is 9.95. The van der Waals surface area contributed by atoms with Crippen molar-refractivity contribution in [3.63, 3.8) is 0 Å². The standard InChI is InChI=1S/C12H21NO8/c1-13-9-11(18)10(17)6(21-12(9)19)4-5-20-8(16)3-2-7(14)15/h6,9-13,17-19H,2-5H2,1H3,(H,14,15)/t6?,9?,10-,11+,12-/m1/s1. The quantitative estimate of drug-likeness (QED) is 0.331. The molecule has 0 saturated carbocycles. The maximum atomic E-state index is 11.2.